The van der Waals surface area contributed by atoms with Gasteiger partial charge in [-0.2, -0.15) is 0 Å². The highest BCUT2D eigenvalue weighted by Crippen LogP contribution is 2.29. The van der Waals surface area contributed by atoms with Crippen LogP contribution in [-0.4, -0.2) is 11.6 Å². The average Bonchev–Trinajstić information content (AvgIpc) is 2.05. The first-order valence-electron chi connectivity index (χ1n) is 3.55. The van der Waals surface area contributed by atoms with Crippen LogP contribution in [0, 0.1) is 0 Å². The first-order chi connectivity index (χ1) is 6.79. The van der Waals surface area contributed by atoms with Gasteiger partial charge in [-0.15, -0.1) is 13.2 Å². The topological polar surface area (TPSA) is 26.3 Å². The summed E-state index contributed by atoms with van der Waals surface area (Å²) in [5.41, 5.74) is -0.344. The van der Waals surface area contributed by atoms with E-state index >= 15 is 0 Å². The van der Waals surface area contributed by atoms with Crippen LogP contribution < -0.4 is 4.74 Å². The number of carbonyl (C=O) groups is 1. The van der Waals surface area contributed by atoms with Gasteiger partial charge in [0, 0.05) is 4.47 Å². The van der Waals surface area contributed by atoms with Crippen LogP contribution in [0.5, 0.6) is 5.75 Å². The zero-order chi connectivity index (χ0) is 11.6. The van der Waals surface area contributed by atoms with Crippen molar-refractivity contribution in [1.82, 2.24) is 0 Å². The highest BCUT2D eigenvalue weighted by Gasteiger charge is 2.32. The van der Waals surface area contributed by atoms with Gasteiger partial charge in [0.05, 0.1) is 5.56 Å². The normalized spacial score (nSPS) is 11.3. The number of alkyl halides is 3. The highest BCUT2D eigenvalue weighted by atomic mass is 79.9. The van der Waals surface area contributed by atoms with Crippen LogP contribution in [0.15, 0.2) is 22.7 Å². The van der Waals surface area contributed by atoms with Gasteiger partial charge in [-0.25, -0.2) is 0 Å². The Morgan fingerprint density at radius 3 is 2.47 bits per heavy atom. The summed E-state index contributed by atoms with van der Waals surface area (Å²) in [4.78, 5) is 10.8. The predicted molar refractivity (Wildman–Crippen MR) is 51.0 cm³/mol. The molecule has 0 unspecified atom stereocenters. The van der Waals surface area contributed by atoms with Gasteiger partial charge in [0.15, 0.2) is 0 Å². The minimum atomic E-state index is -4.85. The average molecular weight is 303 g/mol. The van der Waals surface area contributed by atoms with Crippen molar-refractivity contribution in [2.45, 2.75) is 6.36 Å². The lowest BCUT2D eigenvalue weighted by atomic mass is 10.2. The molecule has 0 fully saturated rings. The Morgan fingerprint density at radius 1 is 1.40 bits per heavy atom. The van der Waals surface area contributed by atoms with E-state index in [-0.39, 0.29) is 5.56 Å². The summed E-state index contributed by atoms with van der Waals surface area (Å²) in [6.07, 6.45) is -4.85. The van der Waals surface area contributed by atoms with Crippen LogP contribution in [0.25, 0.3) is 0 Å². The van der Waals surface area contributed by atoms with Gasteiger partial charge in [-0.3, -0.25) is 4.79 Å². The van der Waals surface area contributed by atoms with Gasteiger partial charge in [0.2, 0.25) is 0 Å². The zero-order valence-electron chi connectivity index (χ0n) is 6.94. The molecule has 0 saturated heterocycles. The molecular weight excluding hydrogens is 300 g/mol. The maximum atomic E-state index is 11.9. The fraction of sp³-hybridized carbons (Fsp3) is 0.125. The van der Waals surface area contributed by atoms with Crippen molar-refractivity contribution in [2.24, 2.45) is 0 Å². The fourth-order valence-corrected chi connectivity index (χ4v) is 1.38. The van der Waals surface area contributed by atoms with E-state index in [4.69, 9.17) is 11.6 Å². The van der Waals surface area contributed by atoms with Crippen molar-refractivity contribution in [3.05, 3.63) is 28.2 Å². The molecule has 0 spiro atoms. The number of rotatable bonds is 2. The Labute approximate surface area is 96.1 Å². The molecule has 0 aromatic heterocycles. The number of carbonyl (C=O) groups excluding carboxylic acids is 1. The second kappa shape index (κ2) is 4.40. The smallest absolute Gasteiger partial charge is 0.405 e. The molecule has 0 aliphatic rings. The van der Waals surface area contributed by atoms with Crippen molar-refractivity contribution in [3.63, 3.8) is 0 Å². The Bertz CT molecular complexity index is 392. The summed E-state index contributed by atoms with van der Waals surface area (Å²) in [6, 6.07) is 3.47. The molecule has 0 saturated carbocycles. The summed E-state index contributed by atoms with van der Waals surface area (Å²) in [5, 5.41) is -1.02. The minimum Gasteiger partial charge on any atom is -0.405 e. The van der Waals surface area contributed by atoms with E-state index in [1.54, 1.807) is 0 Å². The molecule has 0 aliphatic heterocycles. The third kappa shape index (κ3) is 3.71. The summed E-state index contributed by atoms with van der Waals surface area (Å²) in [5.74, 6) is -0.620. The van der Waals surface area contributed by atoms with Crippen LogP contribution in [-0.2, 0) is 0 Å². The van der Waals surface area contributed by atoms with Gasteiger partial charge in [-0.1, -0.05) is 15.9 Å². The first-order valence-corrected chi connectivity index (χ1v) is 4.72. The van der Waals surface area contributed by atoms with Crippen LogP contribution in [0.3, 0.4) is 0 Å². The lowest BCUT2D eigenvalue weighted by Gasteiger charge is -2.11. The summed E-state index contributed by atoms with van der Waals surface area (Å²) < 4.78 is 39.7. The van der Waals surface area contributed by atoms with E-state index in [0.29, 0.717) is 4.47 Å². The van der Waals surface area contributed by atoms with E-state index in [1.165, 1.54) is 6.07 Å². The lowest BCUT2D eigenvalue weighted by Crippen LogP contribution is -2.18. The summed E-state index contributed by atoms with van der Waals surface area (Å²) >= 11 is 8.10. The Hall–Kier alpha value is -0.750. The molecule has 82 valence electrons. The maximum Gasteiger partial charge on any atom is 0.573 e. The number of benzene rings is 1. The molecule has 1 rings (SSSR count). The molecule has 0 aliphatic carbocycles. The molecule has 0 heterocycles. The van der Waals surface area contributed by atoms with Crippen molar-refractivity contribution in [3.8, 4) is 5.75 Å². The van der Waals surface area contributed by atoms with Crippen LogP contribution in [0.4, 0.5) is 13.2 Å². The Balaban J connectivity index is 3.12. The van der Waals surface area contributed by atoms with Gasteiger partial charge in [-0.05, 0) is 29.8 Å². The van der Waals surface area contributed by atoms with Crippen molar-refractivity contribution >= 4 is 32.8 Å². The molecule has 7 heteroatoms. The number of halogens is 5. The van der Waals surface area contributed by atoms with Gasteiger partial charge in [0.25, 0.3) is 5.24 Å². The second-order valence-corrected chi connectivity index (χ2v) is 3.72. The maximum absolute atomic E-state index is 11.9. The number of ether oxygens (including phenoxy) is 1. The molecular formula is C8H3BrClF3O2. The molecule has 0 radical (unpaired) electrons. The van der Waals surface area contributed by atoms with E-state index in [0.717, 1.165) is 12.1 Å². The van der Waals surface area contributed by atoms with Crippen LogP contribution in [0.2, 0.25) is 0 Å². The van der Waals surface area contributed by atoms with Crippen molar-refractivity contribution < 1.29 is 22.7 Å². The zero-order valence-corrected chi connectivity index (χ0v) is 9.28. The Morgan fingerprint density at radius 2 is 2.00 bits per heavy atom. The number of hydrogen-bond donors (Lipinski definition) is 0. The third-order valence-corrected chi connectivity index (χ3v) is 2.08. The molecule has 1 aromatic carbocycles. The second-order valence-electron chi connectivity index (χ2n) is 2.46. The van der Waals surface area contributed by atoms with Crippen LogP contribution >= 0.6 is 27.5 Å². The summed E-state index contributed by atoms with van der Waals surface area (Å²) in [6.45, 7) is 0. The quantitative estimate of drug-likeness (QED) is 0.778. The van der Waals surface area contributed by atoms with Gasteiger partial charge < -0.3 is 4.74 Å². The molecule has 15 heavy (non-hydrogen) atoms. The van der Waals surface area contributed by atoms with E-state index < -0.39 is 17.4 Å². The highest BCUT2D eigenvalue weighted by molar-refractivity contribution is 9.10. The van der Waals surface area contributed by atoms with E-state index in [2.05, 4.69) is 20.7 Å². The molecule has 2 nitrogen and oxygen atoms in total. The lowest BCUT2D eigenvalue weighted by molar-refractivity contribution is -0.274. The van der Waals surface area contributed by atoms with E-state index in [9.17, 15) is 18.0 Å². The third-order valence-electron chi connectivity index (χ3n) is 1.38. The molecule has 0 bridgehead atoms. The van der Waals surface area contributed by atoms with Gasteiger partial charge >= 0.3 is 6.36 Å². The predicted octanol–water partition coefficient (Wildman–Crippen LogP) is 3.73. The SMILES string of the molecule is O=C(Cl)c1cc(Br)ccc1OC(F)(F)F. The largest absolute Gasteiger partial charge is 0.573 e. The minimum absolute atomic E-state index is 0.344. The summed E-state index contributed by atoms with van der Waals surface area (Å²) in [7, 11) is 0. The molecule has 1 aromatic rings. The van der Waals surface area contributed by atoms with Crippen molar-refractivity contribution in [2.75, 3.05) is 0 Å². The van der Waals surface area contributed by atoms with Crippen molar-refractivity contribution in [1.29, 1.82) is 0 Å². The molecule has 0 amide bonds. The van der Waals surface area contributed by atoms with Crippen LogP contribution in [0.1, 0.15) is 10.4 Å². The standard InChI is InChI=1S/C8H3BrClF3O2/c9-4-1-2-6(15-8(11,12)13)5(3-4)7(10)14/h1-3H. The van der Waals surface area contributed by atoms with E-state index in [1.807, 2.05) is 0 Å². The van der Waals surface area contributed by atoms with Gasteiger partial charge in [0.1, 0.15) is 5.75 Å². The number of hydrogen-bond acceptors (Lipinski definition) is 2. The monoisotopic (exact) mass is 302 g/mol. The Kier molecular flexibility index (Phi) is 3.62. The molecule has 0 atom stereocenters. The fourth-order valence-electron chi connectivity index (χ4n) is 0.869. The first kappa shape index (κ1) is 12.3. The molecule has 0 N–H and O–H groups in total.